The lowest BCUT2D eigenvalue weighted by atomic mass is 9.92. The Morgan fingerprint density at radius 2 is 1.58 bits per heavy atom. The number of benzene rings is 2. The molecule has 0 radical (unpaired) electrons. The van der Waals surface area contributed by atoms with Crippen LogP contribution in [0, 0.1) is 5.41 Å². The largest absolute Gasteiger partial charge is 0.344 e. The van der Waals surface area contributed by atoms with Crippen molar-refractivity contribution in [3.05, 3.63) is 57.6 Å². The Morgan fingerprint density at radius 1 is 1.00 bits per heavy atom. The maximum absolute atomic E-state index is 15.1. The zero-order chi connectivity index (χ0) is 18.7. The summed E-state index contributed by atoms with van der Waals surface area (Å²) in [6, 6.07) is 9.91. The van der Waals surface area contributed by atoms with Gasteiger partial charge in [-0.3, -0.25) is 0 Å². The van der Waals surface area contributed by atoms with E-state index >= 15 is 8.78 Å². The highest BCUT2D eigenvalue weighted by Gasteiger charge is 2.47. The molecule has 1 aliphatic heterocycles. The summed E-state index contributed by atoms with van der Waals surface area (Å²) >= 11 is 9.43. The summed E-state index contributed by atoms with van der Waals surface area (Å²) in [5.41, 5.74) is 1.43. The molecule has 2 aliphatic rings. The van der Waals surface area contributed by atoms with Gasteiger partial charge in [-0.25, -0.2) is 0 Å². The molecule has 0 unspecified atom stereocenters. The third kappa shape index (κ3) is 2.71. The quantitative estimate of drug-likeness (QED) is 0.527. The van der Waals surface area contributed by atoms with Crippen LogP contribution in [0.25, 0.3) is 11.1 Å². The number of halogens is 4. The minimum atomic E-state index is -3.08. The topological polar surface area (TPSA) is 18.5 Å². The minimum absolute atomic E-state index is 0.00515. The molecule has 0 atom stereocenters. The van der Waals surface area contributed by atoms with Gasteiger partial charge >= 0.3 is 0 Å². The molecule has 0 spiro atoms. The zero-order valence-corrected chi connectivity index (χ0v) is 16.8. The van der Waals surface area contributed by atoms with Gasteiger partial charge in [-0.2, -0.15) is 8.78 Å². The van der Waals surface area contributed by atoms with Crippen molar-refractivity contribution in [2.24, 2.45) is 5.41 Å². The van der Waals surface area contributed by atoms with Gasteiger partial charge < -0.3 is 9.47 Å². The summed E-state index contributed by atoms with van der Waals surface area (Å²) in [5, 5.41) is 0. The van der Waals surface area contributed by atoms with E-state index in [2.05, 4.69) is 15.9 Å². The van der Waals surface area contributed by atoms with Gasteiger partial charge in [0.15, 0.2) is 0 Å². The van der Waals surface area contributed by atoms with Crippen LogP contribution >= 0.6 is 27.5 Å². The van der Waals surface area contributed by atoms with Crippen LogP contribution in [0.2, 0.25) is 0 Å². The van der Waals surface area contributed by atoms with Crippen LogP contribution in [-0.4, -0.2) is 19.1 Å². The van der Waals surface area contributed by atoms with Crippen molar-refractivity contribution < 1.29 is 18.3 Å². The monoisotopic (exact) mass is 442 g/mol. The van der Waals surface area contributed by atoms with E-state index < -0.39 is 11.7 Å². The Bertz CT molecular complexity index is 872. The zero-order valence-electron chi connectivity index (χ0n) is 14.4. The first-order chi connectivity index (χ1) is 12.2. The summed E-state index contributed by atoms with van der Waals surface area (Å²) in [6.45, 7) is 4.94. The molecule has 1 aliphatic carbocycles. The van der Waals surface area contributed by atoms with Crippen molar-refractivity contribution in [3.8, 4) is 11.1 Å². The molecular weight excluding hydrogens is 426 g/mol. The van der Waals surface area contributed by atoms with E-state index in [4.69, 9.17) is 21.1 Å². The summed E-state index contributed by atoms with van der Waals surface area (Å²) in [5.74, 6) is -4.24. The first-order valence-corrected chi connectivity index (χ1v) is 9.68. The predicted octanol–water partition coefficient (Wildman–Crippen LogP) is 6.03. The second-order valence-corrected chi connectivity index (χ2v) is 8.84. The Balaban J connectivity index is 1.80. The third-order valence-electron chi connectivity index (χ3n) is 4.98. The molecule has 0 N–H and O–H groups in total. The highest BCUT2D eigenvalue weighted by Crippen LogP contribution is 2.52. The lowest BCUT2D eigenvalue weighted by molar-refractivity contribution is -0.295. The average molecular weight is 444 g/mol. The summed E-state index contributed by atoms with van der Waals surface area (Å²) in [4.78, 5) is 0. The Hall–Kier alpha value is -1.01. The molecule has 26 heavy (non-hydrogen) atoms. The van der Waals surface area contributed by atoms with Gasteiger partial charge in [0.25, 0.3) is 5.92 Å². The molecule has 1 heterocycles. The Morgan fingerprint density at radius 3 is 2.19 bits per heavy atom. The fourth-order valence-corrected chi connectivity index (χ4v) is 4.13. The van der Waals surface area contributed by atoms with Crippen molar-refractivity contribution in [1.82, 2.24) is 0 Å². The highest BCUT2D eigenvalue weighted by molar-refractivity contribution is 9.10. The molecule has 0 amide bonds. The van der Waals surface area contributed by atoms with E-state index in [-0.39, 0.29) is 22.4 Å². The van der Waals surface area contributed by atoms with Gasteiger partial charge in [0.1, 0.15) is 0 Å². The lowest BCUT2D eigenvalue weighted by Crippen LogP contribution is -2.46. The Labute approximate surface area is 164 Å². The van der Waals surface area contributed by atoms with E-state index in [1.807, 2.05) is 13.8 Å². The van der Waals surface area contributed by atoms with E-state index in [9.17, 15) is 0 Å². The van der Waals surface area contributed by atoms with E-state index in [1.165, 1.54) is 12.1 Å². The number of hydrogen-bond donors (Lipinski definition) is 0. The number of hydrogen-bond acceptors (Lipinski definition) is 2. The van der Waals surface area contributed by atoms with Crippen molar-refractivity contribution in [2.75, 3.05) is 19.1 Å². The minimum Gasteiger partial charge on any atom is -0.344 e. The fraction of sp³-hybridized carbons (Fsp3) is 0.400. The maximum Gasteiger partial charge on any atom is 0.299 e. The summed E-state index contributed by atoms with van der Waals surface area (Å²) in [7, 11) is 0. The molecule has 2 nitrogen and oxygen atoms in total. The van der Waals surface area contributed by atoms with Gasteiger partial charge in [0, 0.05) is 26.6 Å². The first kappa shape index (κ1) is 18.4. The molecule has 2 aromatic carbocycles. The van der Waals surface area contributed by atoms with Crippen LogP contribution in [0.1, 0.15) is 30.5 Å². The highest BCUT2D eigenvalue weighted by atomic mass is 79.9. The lowest BCUT2D eigenvalue weighted by Gasteiger charge is -2.42. The van der Waals surface area contributed by atoms with Crippen molar-refractivity contribution in [1.29, 1.82) is 0 Å². The molecule has 1 fully saturated rings. The molecule has 6 heteroatoms. The molecule has 138 valence electrons. The van der Waals surface area contributed by atoms with Crippen molar-refractivity contribution in [2.45, 2.75) is 25.6 Å². The molecule has 2 aromatic rings. The van der Waals surface area contributed by atoms with E-state index in [0.717, 1.165) is 0 Å². The van der Waals surface area contributed by atoms with Crippen molar-refractivity contribution in [3.63, 3.8) is 0 Å². The first-order valence-electron chi connectivity index (χ1n) is 8.36. The smallest absolute Gasteiger partial charge is 0.299 e. The number of alkyl halides is 3. The van der Waals surface area contributed by atoms with E-state index in [0.29, 0.717) is 34.4 Å². The molecule has 4 rings (SSSR count). The average Bonchev–Trinajstić information content (AvgIpc) is 2.83. The van der Waals surface area contributed by atoms with E-state index in [1.54, 1.807) is 24.3 Å². The summed E-state index contributed by atoms with van der Waals surface area (Å²) < 4.78 is 42.6. The van der Waals surface area contributed by atoms with Gasteiger partial charge in [-0.05, 0) is 29.3 Å². The standard InChI is InChI=1S/C20H18BrClF2O2/c1-18(2)10-25-19(9-22,26-11-18)12-3-5-14-15-6-4-13(21)8-17(15)20(23,24)16(14)7-12/h3-8H,9-11H2,1-2H3. The van der Waals surface area contributed by atoms with Crippen LogP contribution in [0.5, 0.6) is 0 Å². The fourth-order valence-electron chi connectivity index (χ4n) is 3.46. The van der Waals surface area contributed by atoms with Gasteiger partial charge in [-0.1, -0.05) is 48.0 Å². The van der Waals surface area contributed by atoms with Crippen LogP contribution in [-0.2, 0) is 21.2 Å². The second kappa shape index (κ2) is 5.99. The normalized spacial score (nSPS) is 21.9. The third-order valence-corrected chi connectivity index (χ3v) is 5.82. The molecule has 0 aromatic heterocycles. The van der Waals surface area contributed by atoms with Crippen LogP contribution in [0.4, 0.5) is 8.78 Å². The predicted molar refractivity (Wildman–Crippen MR) is 101 cm³/mol. The SMILES string of the molecule is CC1(C)COC(CCl)(c2ccc3c(c2)C(F)(F)c2cc(Br)ccc2-3)OC1. The number of fused-ring (bicyclic) bond motifs is 3. The molecule has 0 bridgehead atoms. The second-order valence-electron chi connectivity index (χ2n) is 7.65. The maximum atomic E-state index is 15.1. The van der Waals surface area contributed by atoms with Crippen LogP contribution in [0.3, 0.4) is 0 Å². The molecule has 0 saturated carbocycles. The Kier molecular flexibility index (Phi) is 4.23. The summed E-state index contributed by atoms with van der Waals surface area (Å²) in [6.07, 6.45) is 0. The van der Waals surface area contributed by atoms with Gasteiger partial charge in [0.05, 0.1) is 19.1 Å². The molecular formula is C20H18BrClF2O2. The van der Waals surface area contributed by atoms with Crippen LogP contribution < -0.4 is 0 Å². The van der Waals surface area contributed by atoms with Crippen LogP contribution in [0.15, 0.2) is 40.9 Å². The van der Waals surface area contributed by atoms with Gasteiger partial charge in [0.2, 0.25) is 5.79 Å². The van der Waals surface area contributed by atoms with Crippen molar-refractivity contribution >= 4 is 27.5 Å². The molecule has 1 saturated heterocycles. The van der Waals surface area contributed by atoms with Gasteiger partial charge in [-0.15, -0.1) is 11.6 Å². The number of rotatable bonds is 2. The number of ether oxygens (including phenoxy) is 2.